The zero-order valence-corrected chi connectivity index (χ0v) is 37.9. The van der Waals surface area contributed by atoms with E-state index >= 15 is 0 Å². The fraction of sp³-hybridized carbons (Fsp3) is 0.600. The van der Waals surface area contributed by atoms with Crippen LogP contribution >= 0.6 is 35.3 Å². The summed E-state index contributed by atoms with van der Waals surface area (Å²) in [6.45, 7) is 11.6. The Labute approximate surface area is 364 Å². The molecular weight excluding hydrogens is 834 g/mol. The number of Topliss-reactive ketones (excluding diaryl/α,β-unsaturated/α-hetero) is 1. The molecule has 1 heterocycles. The van der Waals surface area contributed by atoms with Crippen LogP contribution in [-0.4, -0.2) is 136 Å². The zero-order chi connectivity index (χ0) is 44.0. The van der Waals surface area contributed by atoms with Gasteiger partial charge >= 0.3 is 59.8 Å². The van der Waals surface area contributed by atoms with Crippen molar-refractivity contribution in [1.29, 1.82) is 0 Å². The molecule has 1 fully saturated rings. The Hall–Kier alpha value is -3.95. The van der Waals surface area contributed by atoms with Gasteiger partial charge in [0.25, 0.3) is 18.3 Å². The molecule has 23 nitrogen and oxygen atoms in total. The first kappa shape index (κ1) is 59.7. The summed E-state index contributed by atoms with van der Waals surface area (Å²) in [5.41, 5.74) is 0. The van der Waals surface area contributed by atoms with Gasteiger partial charge in [-0.1, -0.05) is 15.5 Å². The Morgan fingerprint density at radius 2 is 1.04 bits per heavy atom. The molecule has 0 unspecified atom stereocenters. The molecule has 0 bridgehead atoms. The summed E-state index contributed by atoms with van der Waals surface area (Å²) in [6.07, 6.45) is 7.60. The summed E-state index contributed by atoms with van der Waals surface area (Å²) in [4.78, 5) is 117. The number of oxime groups is 3. The topological polar surface area (TPSA) is 319 Å². The number of nitrogens with one attached hydrogen (secondary N) is 3. The first-order valence-corrected chi connectivity index (χ1v) is 19.2. The predicted octanol–water partition coefficient (Wildman–Crippen LogP) is -1.76. The van der Waals surface area contributed by atoms with Crippen LogP contribution in [0.25, 0.3) is 0 Å². The van der Waals surface area contributed by atoms with E-state index in [1.165, 1.54) is 37.3 Å². The molecule has 57 heavy (non-hydrogen) atoms. The molecule has 0 spiro atoms. The Morgan fingerprint density at radius 3 is 1.32 bits per heavy atom. The van der Waals surface area contributed by atoms with Crippen molar-refractivity contribution in [3.05, 3.63) is 0 Å². The van der Waals surface area contributed by atoms with Crippen LogP contribution in [0.2, 0.25) is 0 Å². The van der Waals surface area contributed by atoms with Crippen molar-refractivity contribution in [3.8, 4) is 0 Å². The van der Waals surface area contributed by atoms with E-state index in [0.29, 0.717) is 5.06 Å². The Kier molecular flexibility index (Phi) is 34.7. The van der Waals surface area contributed by atoms with Gasteiger partial charge in [0.2, 0.25) is 0 Å². The van der Waals surface area contributed by atoms with Gasteiger partial charge in [0.15, 0.2) is 0 Å². The van der Waals surface area contributed by atoms with Gasteiger partial charge in [-0.15, -0.1) is 5.06 Å². The van der Waals surface area contributed by atoms with Crippen LogP contribution in [0.4, 0.5) is 14.4 Å². The maximum Gasteiger partial charge on any atom is 1.00 e. The van der Waals surface area contributed by atoms with E-state index in [4.69, 9.17) is 15.2 Å². The predicted molar refractivity (Wildman–Crippen MR) is 204 cm³/mol. The SMILES string of the molecule is CSC(C)(C)/C=N/OC(=O)NCC(=O)O.CSC(C)(C)/C=N/OC(=O)NCC(=O)ON1C(=O)CCC1=O.CSC(C)(C)/C=N/OC(=O)NCC(C)=O.O=CO[O-].[Na+]. The van der Waals surface area contributed by atoms with Crippen LogP contribution in [0.3, 0.4) is 0 Å². The largest absolute Gasteiger partial charge is 1.00 e. The molecule has 0 aromatic heterocycles. The number of ketones is 1. The van der Waals surface area contributed by atoms with Gasteiger partial charge in [0, 0.05) is 27.1 Å². The van der Waals surface area contributed by atoms with Gasteiger partial charge in [-0.3, -0.25) is 38.5 Å². The van der Waals surface area contributed by atoms with Crippen LogP contribution < -0.4 is 50.8 Å². The molecule has 0 atom stereocenters. The van der Waals surface area contributed by atoms with Crippen LogP contribution in [0.1, 0.15) is 61.3 Å². The monoisotopic (exact) mass is 881 g/mol. The number of carbonyl (C=O) groups is 9. The minimum atomic E-state index is -1.14. The second-order valence-electron chi connectivity index (χ2n) is 11.7. The van der Waals surface area contributed by atoms with E-state index in [1.807, 2.05) is 65.6 Å². The van der Waals surface area contributed by atoms with Crippen LogP contribution in [0.15, 0.2) is 15.5 Å². The number of rotatable bonds is 17. The van der Waals surface area contributed by atoms with Gasteiger partial charge in [0.05, 0.1) is 25.2 Å². The van der Waals surface area contributed by atoms with Crippen molar-refractivity contribution < 1.29 is 107 Å². The number of amides is 5. The van der Waals surface area contributed by atoms with E-state index in [-0.39, 0.29) is 75.4 Å². The summed E-state index contributed by atoms with van der Waals surface area (Å²) in [6, 6.07) is 0. The summed E-state index contributed by atoms with van der Waals surface area (Å²) >= 11 is 4.63. The quantitative estimate of drug-likeness (QED) is 0.0239. The molecule has 27 heteroatoms. The van der Waals surface area contributed by atoms with Crippen molar-refractivity contribution in [2.24, 2.45) is 15.5 Å². The fourth-order valence-corrected chi connectivity index (χ4v) is 2.58. The molecule has 1 rings (SSSR count). The summed E-state index contributed by atoms with van der Waals surface area (Å²) in [5.74, 6) is -3.43. The van der Waals surface area contributed by atoms with Crippen molar-refractivity contribution in [1.82, 2.24) is 21.0 Å². The van der Waals surface area contributed by atoms with Gasteiger partial charge in [-0.2, -0.15) is 35.3 Å². The molecule has 318 valence electrons. The number of hydrogen-bond acceptors (Lipinski definition) is 21. The molecule has 0 radical (unpaired) electrons. The van der Waals surface area contributed by atoms with Crippen molar-refractivity contribution in [3.63, 3.8) is 0 Å². The number of nitrogens with zero attached hydrogens (tertiary/aromatic N) is 4. The summed E-state index contributed by atoms with van der Waals surface area (Å²) < 4.78 is -0.705. The smallest absolute Gasteiger partial charge is 0.662 e. The molecule has 0 saturated carbocycles. The molecule has 4 N–H and O–H groups in total. The Bertz CT molecular complexity index is 1350. The van der Waals surface area contributed by atoms with E-state index in [2.05, 4.69) is 50.3 Å². The third-order valence-corrected chi connectivity index (χ3v) is 9.03. The molecule has 0 aromatic carbocycles. The molecule has 0 aromatic rings. The first-order valence-electron chi connectivity index (χ1n) is 15.5. The van der Waals surface area contributed by atoms with E-state index < -0.39 is 55.1 Å². The van der Waals surface area contributed by atoms with E-state index in [0.717, 1.165) is 0 Å². The average molecular weight is 882 g/mol. The molecule has 0 aliphatic carbocycles. The number of aliphatic carboxylic acids is 1. The first-order chi connectivity index (χ1) is 25.9. The van der Waals surface area contributed by atoms with Gasteiger partial charge in [-0.05, 0) is 67.2 Å². The van der Waals surface area contributed by atoms with Crippen LogP contribution in [0, 0.1) is 0 Å². The molecular formula is C30H48N7NaO16S3. The number of carboxylic acids is 1. The summed E-state index contributed by atoms with van der Waals surface area (Å²) in [7, 11) is 0. The maximum atomic E-state index is 11.4. The van der Waals surface area contributed by atoms with Crippen molar-refractivity contribution in [2.45, 2.75) is 75.5 Å². The number of hydrogen-bond donors (Lipinski definition) is 4. The fourth-order valence-electron chi connectivity index (χ4n) is 2.14. The third-order valence-electron chi connectivity index (χ3n) is 5.56. The second kappa shape index (κ2) is 33.1. The molecule has 1 saturated heterocycles. The van der Waals surface area contributed by atoms with E-state index in [9.17, 15) is 38.4 Å². The molecule has 1 aliphatic rings. The minimum Gasteiger partial charge on any atom is -0.662 e. The zero-order valence-electron chi connectivity index (χ0n) is 33.4. The van der Waals surface area contributed by atoms with Crippen LogP contribution in [-0.2, 0) is 53.0 Å². The Morgan fingerprint density at radius 1 is 0.719 bits per heavy atom. The van der Waals surface area contributed by atoms with Crippen molar-refractivity contribution in [2.75, 3.05) is 38.4 Å². The number of carbonyl (C=O) groups excluding carboxylic acids is 8. The average Bonchev–Trinajstić information content (AvgIpc) is 3.44. The van der Waals surface area contributed by atoms with Gasteiger partial charge in [-0.25, -0.2) is 19.2 Å². The Balaban J connectivity index is -0.000000358. The normalized spacial score (nSPS) is 12.3. The third kappa shape index (κ3) is 37.4. The molecule has 5 amide bonds. The van der Waals surface area contributed by atoms with Crippen LogP contribution in [0.5, 0.6) is 0 Å². The van der Waals surface area contributed by atoms with Gasteiger partial charge < -0.3 is 36.0 Å². The number of carboxylic acid groups (broad SMARTS) is 1. The number of hydroxylamine groups is 2. The van der Waals surface area contributed by atoms with Gasteiger partial charge in [0.1, 0.15) is 18.9 Å². The molecule has 1 aliphatic heterocycles. The maximum absolute atomic E-state index is 11.4. The standard InChI is InChI=1S/C12H17N3O6S.C9H16N2O3S.C8H14N2O4S.CH2O3.Na/c1-12(2,22-3)7-14-20-11(19)13-6-10(18)21-15-8(16)4-5-9(15)17;1-7(12)5-10-8(13)14-11-6-9(2,3)15-4;1-8(2,15-3)5-10-14-7(13)9-4-6(11)12;2-1-4-3;/h7H,4-6H2,1-3H3,(H,13,19);6H,5H2,1-4H3,(H,10,13);5H,4H2,1-3H3,(H,9,13)(H,11,12);1,3H;/q;;;;+1/p-1/b14-7+;11-6+;10-5+;;. The van der Waals surface area contributed by atoms with Crippen molar-refractivity contribution >= 4 is 108 Å². The van der Waals surface area contributed by atoms with E-state index in [1.54, 1.807) is 23.5 Å². The number of imide groups is 1. The second-order valence-corrected chi connectivity index (χ2v) is 16.0. The minimum absolute atomic E-state index is 0. The summed E-state index contributed by atoms with van der Waals surface area (Å²) in [5, 5.41) is 33.9. The number of thioether (sulfide) groups is 3.